The van der Waals surface area contributed by atoms with Gasteiger partial charge >= 0.3 is 5.97 Å². The number of nitrogens with one attached hydrogen (secondary N) is 2. The first kappa shape index (κ1) is 18.5. The van der Waals surface area contributed by atoms with Gasteiger partial charge in [-0.3, -0.25) is 4.79 Å². The first-order chi connectivity index (χ1) is 12.3. The number of aromatic nitrogens is 1. The van der Waals surface area contributed by atoms with Gasteiger partial charge in [-0.05, 0) is 32.9 Å². The maximum absolute atomic E-state index is 14.7. The van der Waals surface area contributed by atoms with Crippen molar-refractivity contribution in [2.24, 2.45) is 0 Å². The summed E-state index contributed by atoms with van der Waals surface area (Å²) in [4.78, 5) is 23.9. The summed E-state index contributed by atoms with van der Waals surface area (Å²) in [5.41, 5.74) is -0.910. The molecule has 1 atom stereocenters. The Kier molecular flexibility index (Phi) is 4.86. The first-order valence-corrected chi connectivity index (χ1v) is 8.69. The van der Waals surface area contributed by atoms with Crippen LogP contribution in [-0.2, 0) is 0 Å². The van der Waals surface area contributed by atoms with Crippen LogP contribution in [0, 0.1) is 11.2 Å². The van der Waals surface area contributed by atoms with Crippen molar-refractivity contribution < 1.29 is 14.3 Å². The van der Waals surface area contributed by atoms with Crippen LogP contribution < -0.4 is 10.7 Å². The fourth-order valence-electron chi connectivity index (χ4n) is 3.02. The van der Waals surface area contributed by atoms with Crippen molar-refractivity contribution in [2.45, 2.75) is 38.3 Å². The van der Waals surface area contributed by atoms with Gasteiger partial charge in [-0.15, -0.1) is 0 Å². The van der Waals surface area contributed by atoms with Crippen LogP contribution >= 0.6 is 11.6 Å². The summed E-state index contributed by atoms with van der Waals surface area (Å²) in [6, 6.07) is 0.981. The molecule has 3 rings (SSSR count). The Labute approximate surface area is 154 Å². The third kappa shape index (κ3) is 3.12. The van der Waals surface area contributed by atoms with E-state index in [-0.39, 0.29) is 40.2 Å². The van der Waals surface area contributed by atoms with Crippen LogP contribution in [0.15, 0.2) is 17.1 Å². The van der Waals surface area contributed by atoms with E-state index in [4.69, 9.17) is 17.0 Å². The minimum Gasteiger partial charge on any atom is -0.477 e. The Morgan fingerprint density at radius 2 is 2.19 bits per heavy atom. The lowest BCUT2D eigenvalue weighted by Gasteiger charge is -2.17. The maximum Gasteiger partial charge on any atom is 0.341 e. The molecule has 1 aromatic carbocycles. The third-order valence-electron chi connectivity index (χ3n) is 4.68. The monoisotopic (exact) mass is 379 g/mol. The van der Waals surface area contributed by atoms with Crippen LogP contribution in [0.4, 0.5) is 4.39 Å². The number of fused-ring (bicyclic) bond motifs is 1. The second-order valence-electron chi connectivity index (χ2n) is 6.63. The molecule has 6 nitrogen and oxygen atoms in total. The number of pyridine rings is 1. The molecule has 138 valence electrons. The number of carboxylic acid groups (broad SMARTS) is 1. The summed E-state index contributed by atoms with van der Waals surface area (Å²) in [6.45, 7) is 1.86. The van der Waals surface area contributed by atoms with E-state index in [2.05, 4.69) is 5.32 Å². The molecule has 0 bridgehead atoms. The minimum atomic E-state index is -1.36. The second kappa shape index (κ2) is 6.81. The Balaban J connectivity index is 2.30. The zero-order chi connectivity index (χ0) is 19.2. The van der Waals surface area contributed by atoms with Crippen LogP contribution in [0.2, 0.25) is 5.02 Å². The fraction of sp³-hybridized carbons (Fsp3) is 0.389. The molecule has 1 aliphatic carbocycles. The lowest BCUT2D eigenvalue weighted by Crippen LogP contribution is -2.25. The summed E-state index contributed by atoms with van der Waals surface area (Å²) in [5.74, 6) is -2.15. The number of hydrogen-bond donors (Lipinski definition) is 3. The number of benzene rings is 1. The average Bonchev–Trinajstić information content (AvgIpc) is 3.40. The van der Waals surface area contributed by atoms with E-state index in [1.807, 2.05) is 6.92 Å². The average molecular weight is 380 g/mol. The van der Waals surface area contributed by atoms with Crippen molar-refractivity contribution in [3.05, 3.63) is 44.5 Å². The quantitative estimate of drug-likeness (QED) is 0.672. The molecule has 1 fully saturated rings. The van der Waals surface area contributed by atoms with E-state index < -0.39 is 22.8 Å². The van der Waals surface area contributed by atoms with Crippen LogP contribution in [0.1, 0.15) is 48.1 Å². The van der Waals surface area contributed by atoms with Crippen LogP contribution in [0.5, 0.6) is 0 Å². The van der Waals surface area contributed by atoms with Crippen molar-refractivity contribution in [2.75, 3.05) is 7.05 Å². The van der Waals surface area contributed by atoms with Crippen molar-refractivity contribution in [1.82, 2.24) is 9.88 Å². The van der Waals surface area contributed by atoms with Crippen molar-refractivity contribution in [1.29, 1.82) is 5.41 Å². The van der Waals surface area contributed by atoms with E-state index in [1.54, 1.807) is 11.6 Å². The summed E-state index contributed by atoms with van der Waals surface area (Å²) in [6.07, 6.45) is 3.19. The molecule has 1 saturated carbocycles. The second-order valence-corrected chi connectivity index (χ2v) is 7.01. The molecule has 2 aromatic rings. The third-order valence-corrected chi connectivity index (χ3v) is 5.05. The number of aromatic carboxylic acids is 1. The van der Waals surface area contributed by atoms with Gasteiger partial charge in [0.15, 0.2) is 0 Å². The zero-order valence-electron chi connectivity index (χ0n) is 14.4. The molecule has 0 aliphatic heterocycles. The zero-order valence-corrected chi connectivity index (χ0v) is 15.2. The molecule has 1 aromatic heterocycles. The van der Waals surface area contributed by atoms with Gasteiger partial charge < -0.3 is 20.4 Å². The van der Waals surface area contributed by atoms with Gasteiger partial charge in [0.05, 0.1) is 21.5 Å². The highest BCUT2D eigenvalue weighted by Gasteiger charge is 2.30. The lowest BCUT2D eigenvalue weighted by atomic mass is 10.00. The molecule has 0 amide bonds. The van der Waals surface area contributed by atoms with E-state index >= 15 is 0 Å². The fourth-order valence-corrected chi connectivity index (χ4v) is 3.43. The number of hydrogen-bond acceptors (Lipinski definition) is 4. The molecule has 1 aliphatic rings. The highest BCUT2D eigenvalue weighted by molar-refractivity contribution is 6.38. The van der Waals surface area contributed by atoms with Gasteiger partial charge in [-0.2, -0.15) is 0 Å². The van der Waals surface area contributed by atoms with Gasteiger partial charge in [0, 0.05) is 30.4 Å². The molecule has 0 radical (unpaired) electrons. The predicted octanol–water partition coefficient (Wildman–Crippen LogP) is 3.19. The Morgan fingerprint density at radius 1 is 1.54 bits per heavy atom. The Hall–Kier alpha value is -2.25. The van der Waals surface area contributed by atoms with Gasteiger partial charge in [-0.25, -0.2) is 9.18 Å². The van der Waals surface area contributed by atoms with Gasteiger partial charge in [0.25, 0.3) is 0 Å². The largest absolute Gasteiger partial charge is 0.477 e. The van der Waals surface area contributed by atoms with Crippen LogP contribution in [0.25, 0.3) is 10.9 Å². The summed E-state index contributed by atoms with van der Waals surface area (Å²) in [7, 11) is 1.74. The summed E-state index contributed by atoms with van der Waals surface area (Å²) >= 11 is 6.44. The summed E-state index contributed by atoms with van der Waals surface area (Å²) in [5, 5.41) is 20.4. The number of nitrogens with zero attached hydrogens (tertiary/aromatic N) is 1. The molecule has 0 saturated heterocycles. The van der Waals surface area contributed by atoms with E-state index in [9.17, 15) is 19.1 Å². The highest BCUT2D eigenvalue weighted by atomic mass is 35.5. The first-order valence-electron chi connectivity index (χ1n) is 8.31. The Morgan fingerprint density at radius 3 is 2.73 bits per heavy atom. The molecule has 0 spiro atoms. The van der Waals surface area contributed by atoms with Crippen molar-refractivity contribution >= 4 is 34.2 Å². The smallest absolute Gasteiger partial charge is 0.341 e. The number of carboxylic acids is 1. The van der Waals surface area contributed by atoms with E-state index in [1.165, 1.54) is 6.20 Å². The van der Waals surface area contributed by atoms with Gasteiger partial charge in [-0.1, -0.05) is 11.6 Å². The van der Waals surface area contributed by atoms with Crippen molar-refractivity contribution in [3.8, 4) is 0 Å². The molecule has 1 heterocycles. The van der Waals surface area contributed by atoms with Gasteiger partial charge in [0.1, 0.15) is 11.4 Å². The maximum atomic E-state index is 14.7. The van der Waals surface area contributed by atoms with Gasteiger partial charge in [0.2, 0.25) is 5.43 Å². The Bertz CT molecular complexity index is 982. The van der Waals surface area contributed by atoms with Crippen LogP contribution in [-0.4, -0.2) is 34.4 Å². The normalized spacial score (nSPS) is 15.2. The number of halogens is 2. The molecule has 3 N–H and O–H groups in total. The topological polar surface area (TPSA) is 95.2 Å². The lowest BCUT2D eigenvalue weighted by molar-refractivity contribution is 0.0695. The molecule has 0 unspecified atom stereocenters. The summed E-state index contributed by atoms with van der Waals surface area (Å²) < 4.78 is 16.3. The van der Waals surface area contributed by atoms with E-state index in [0.717, 1.165) is 18.9 Å². The molecular weight excluding hydrogens is 361 g/mol. The SMILES string of the molecule is CN[C@H](C)CC(=N)c1c(F)cc2c(=O)c(C(=O)O)cn(C3CC3)c2c1Cl. The minimum absolute atomic E-state index is 0.0192. The number of carbonyl (C=O) groups is 1. The highest BCUT2D eigenvalue weighted by Crippen LogP contribution is 2.40. The van der Waals surface area contributed by atoms with Crippen LogP contribution in [0.3, 0.4) is 0 Å². The number of rotatable bonds is 6. The standard InChI is InChI=1S/C18H19ClFN3O3/c1-8(22-2)5-13(21)14-12(20)6-10-16(15(14)19)23(9-3-4-9)7-11(17(10)24)18(25)26/h6-9,21-22H,3-5H2,1-2H3,(H,25,26)/t8-/m1/s1. The van der Waals surface area contributed by atoms with E-state index in [0.29, 0.717) is 5.52 Å². The predicted molar refractivity (Wildman–Crippen MR) is 98.4 cm³/mol. The van der Waals surface area contributed by atoms with Crippen molar-refractivity contribution in [3.63, 3.8) is 0 Å². The molecule has 26 heavy (non-hydrogen) atoms. The molecular formula is C18H19ClFN3O3. The molecule has 8 heteroatoms.